The number of carboxylic acids is 1. The molecule has 28 heavy (non-hydrogen) atoms. The van der Waals surface area contributed by atoms with Crippen molar-refractivity contribution in [1.29, 1.82) is 0 Å². The monoisotopic (exact) mass is 410 g/mol. The Kier molecular flexibility index (Phi) is 10.0. The van der Waals surface area contributed by atoms with Gasteiger partial charge in [0.05, 0.1) is 0 Å². The number of aliphatic carboxylic acids is 1. The minimum atomic E-state index is -1.02. The van der Waals surface area contributed by atoms with Crippen molar-refractivity contribution in [3.8, 4) is 0 Å². The summed E-state index contributed by atoms with van der Waals surface area (Å²) in [5, 5.41) is 14.9. The van der Waals surface area contributed by atoms with Gasteiger partial charge in [-0.1, -0.05) is 57.7 Å². The number of hydrogen-bond acceptors (Lipinski definition) is 3. The predicted octanol–water partition coefficient (Wildman–Crippen LogP) is 4.03. The van der Waals surface area contributed by atoms with E-state index in [9.17, 15) is 14.4 Å². The highest BCUT2D eigenvalue weighted by Gasteiger charge is 2.26. The van der Waals surface area contributed by atoms with E-state index in [4.69, 9.17) is 16.7 Å². The number of carbonyl (C=O) groups excluding carboxylic acids is 2. The lowest BCUT2D eigenvalue weighted by atomic mass is 9.77. The van der Waals surface area contributed by atoms with Crippen molar-refractivity contribution in [2.75, 3.05) is 6.54 Å². The standard InChI is InChI=1S/C21H31ClN2O4/c1-4-21(5-2,6-3)12-13-23-20(28)17(10-11-18(25)26)24-19(27)15-8-7-9-16(22)14-15/h7-9,14,17H,4-6,10-13H2,1-3H3,(H,23,28)(H,24,27)(H,25,26)/t17-/m1/s1. The van der Waals surface area contributed by atoms with Crippen LogP contribution in [0.15, 0.2) is 24.3 Å². The Morgan fingerprint density at radius 1 is 1.14 bits per heavy atom. The smallest absolute Gasteiger partial charge is 0.303 e. The van der Waals surface area contributed by atoms with Crippen LogP contribution in [0, 0.1) is 5.41 Å². The van der Waals surface area contributed by atoms with E-state index in [1.165, 1.54) is 6.07 Å². The van der Waals surface area contributed by atoms with Gasteiger partial charge in [-0.05, 0) is 36.5 Å². The van der Waals surface area contributed by atoms with Crippen LogP contribution in [0.1, 0.15) is 69.7 Å². The second-order valence-electron chi connectivity index (χ2n) is 7.07. The zero-order valence-corrected chi connectivity index (χ0v) is 17.6. The molecule has 3 N–H and O–H groups in total. The van der Waals surface area contributed by atoms with E-state index in [1.54, 1.807) is 18.2 Å². The molecular formula is C21H31ClN2O4. The van der Waals surface area contributed by atoms with Crippen molar-refractivity contribution in [3.63, 3.8) is 0 Å². The van der Waals surface area contributed by atoms with E-state index in [0.717, 1.165) is 25.7 Å². The van der Waals surface area contributed by atoms with Crippen molar-refractivity contribution < 1.29 is 19.5 Å². The molecule has 0 aliphatic heterocycles. The number of nitrogens with one attached hydrogen (secondary N) is 2. The zero-order valence-electron chi connectivity index (χ0n) is 16.9. The van der Waals surface area contributed by atoms with E-state index in [2.05, 4.69) is 31.4 Å². The topological polar surface area (TPSA) is 95.5 Å². The van der Waals surface area contributed by atoms with E-state index in [1.807, 2.05) is 0 Å². The average Bonchev–Trinajstić information content (AvgIpc) is 2.68. The molecule has 1 aromatic rings. The zero-order chi connectivity index (χ0) is 21.2. The lowest BCUT2D eigenvalue weighted by Gasteiger charge is -2.30. The summed E-state index contributed by atoms with van der Waals surface area (Å²) >= 11 is 5.91. The number of rotatable bonds is 12. The molecule has 0 saturated heterocycles. The number of carbonyl (C=O) groups is 3. The molecule has 0 spiro atoms. The Balaban J connectivity index is 2.75. The second-order valence-corrected chi connectivity index (χ2v) is 7.51. The molecule has 0 saturated carbocycles. The molecule has 0 bridgehead atoms. The third kappa shape index (κ3) is 7.50. The molecule has 0 radical (unpaired) electrons. The van der Waals surface area contributed by atoms with E-state index in [-0.39, 0.29) is 24.2 Å². The van der Waals surface area contributed by atoms with Crippen LogP contribution in [-0.4, -0.2) is 35.5 Å². The summed E-state index contributed by atoms with van der Waals surface area (Å²) in [7, 11) is 0. The largest absolute Gasteiger partial charge is 0.481 e. The minimum Gasteiger partial charge on any atom is -0.481 e. The highest BCUT2D eigenvalue weighted by molar-refractivity contribution is 6.31. The van der Waals surface area contributed by atoms with Gasteiger partial charge in [-0.15, -0.1) is 0 Å². The van der Waals surface area contributed by atoms with Gasteiger partial charge in [0.25, 0.3) is 5.91 Å². The van der Waals surface area contributed by atoms with Crippen LogP contribution in [-0.2, 0) is 9.59 Å². The maximum absolute atomic E-state index is 12.6. The van der Waals surface area contributed by atoms with Gasteiger partial charge in [-0.3, -0.25) is 14.4 Å². The molecule has 6 nitrogen and oxygen atoms in total. The molecule has 1 atom stereocenters. The van der Waals surface area contributed by atoms with E-state index >= 15 is 0 Å². The maximum Gasteiger partial charge on any atom is 0.303 e. The first-order valence-electron chi connectivity index (χ1n) is 9.82. The first-order chi connectivity index (χ1) is 13.3. The quantitative estimate of drug-likeness (QED) is 0.484. The van der Waals surface area contributed by atoms with Gasteiger partial charge in [0.1, 0.15) is 6.04 Å². The normalized spacial score (nSPS) is 12.3. The maximum atomic E-state index is 12.6. The van der Waals surface area contributed by atoms with Crippen molar-refractivity contribution >= 4 is 29.4 Å². The first-order valence-corrected chi connectivity index (χ1v) is 10.2. The fraction of sp³-hybridized carbons (Fsp3) is 0.571. The highest BCUT2D eigenvalue weighted by atomic mass is 35.5. The van der Waals surface area contributed by atoms with Gasteiger partial charge in [-0.2, -0.15) is 0 Å². The number of halogens is 1. The van der Waals surface area contributed by atoms with Gasteiger partial charge in [0.2, 0.25) is 5.91 Å². The number of hydrogen-bond donors (Lipinski definition) is 3. The third-order valence-electron chi connectivity index (χ3n) is 5.56. The van der Waals surface area contributed by atoms with Crippen molar-refractivity contribution in [3.05, 3.63) is 34.9 Å². The minimum absolute atomic E-state index is 0.0218. The third-order valence-corrected chi connectivity index (χ3v) is 5.80. The van der Waals surface area contributed by atoms with Gasteiger partial charge in [0.15, 0.2) is 0 Å². The second kappa shape index (κ2) is 11.7. The summed E-state index contributed by atoms with van der Waals surface area (Å²) in [6.45, 7) is 6.94. The molecule has 0 unspecified atom stereocenters. The van der Waals surface area contributed by atoms with Crippen LogP contribution in [0.3, 0.4) is 0 Å². The van der Waals surface area contributed by atoms with Crippen molar-refractivity contribution in [2.24, 2.45) is 5.41 Å². The predicted molar refractivity (Wildman–Crippen MR) is 111 cm³/mol. The summed E-state index contributed by atoms with van der Waals surface area (Å²) < 4.78 is 0. The molecule has 1 aromatic carbocycles. The summed E-state index contributed by atoms with van der Waals surface area (Å²) in [6.07, 6.45) is 3.75. The lowest BCUT2D eigenvalue weighted by molar-refractivity contribution is -0.137. The molecule has 2 amide bonds. The van der Waals surface area contributed by atoms with Crippen molar-refractivity contribution in [2.45, 2.75) is 65.3 Å². The summed E-state index contributed by atoms with van der Waals surface area (Å²) in [5.74, 6) is -1.84. The first kappa shape index (κ1) is 24.0. The highest BCUT2D eigenvalue weighted by Crippen LogP contribution is 2.33. The number of amides is 2. The lowest BCUT2D eigenvalue weighted by Crippen LogP contribution is -2.47. The Bertz CT molecular complexity index is 666. The van der Waals surface area contributed by atoms with Crippen LogP contribution in [0.4, 0.5) is 0 Å². The molecular weight excluding hydrogens is 380 g/mol. The van der Waals surface area contributed by atoms with Gasteiger partial charge >= 0.3 is 5.97 Å². The molecule has 0 fully saturated rings. The molecule has 7 heteroatoms. The van der Waals surface area contributed by atoms with Crippen LogP contribution in [0.2, 0.25) is 5.02 Å². The van der Waals surface area contributed by atoms with Gasteiger partial charge < -0.3 is 15.7 Å². The Hall–Kier alpha value is -2.08. The van der Waals surface area contributed by atoms with Crippen molar-refractivity contribution in [1.82, 2.24) is 10.6 Å². The molecule has 0 heterocycles. The van der Waals surface area contributed by atoms with Crippen LogP contribution < -0.4 is 10.6 Å². The fourth-order valence-corrected chi connectivity index (χ4v) is 3.45. The Morgan fingerprint density at radius 3 is 2.32 bits per heavy atom. The molecule has 156 valence electrons. The van der Waals surface area contributed by atoms with Crippen LogP contribution in [0.25, 0.3) is 0 Å². The Morgan fingerprint density at radius 2 is 1.79 bits per heavy atom. The van der Waals surface area contributed by atoms with E-state index < -0.39 is 17.9 Å². The molecule has 0 aromatic heterocycles. The molecule has 0 aliphatic carbocycles. The fourth-order valence-electron chi connectivity index (χ4n) is 3.26. The van der Waals surface area contributed by atoms with Crippen LogP contribution >= 0.6 is 11.6 Å². The van der Waals surface area contributed by atoms with Gasteiger partial charge in [-0.25, -0.2) is 0 Å². The average molecular weight is 411 g/mol. The summed E-state index contributed by atoms with van der Waals surface area (Å²) in [4.78, 5) is 36.0. The summed E-state index contributed by atoms with van der Waals surface area (Å²) in [6, 6.07) is 5.46. The molecule has 1 rings (SSSR count). The SMILES string of the molecule is CCC(CC)(CC)CCNC(=O)[C@@H](CCC(=O)O)NC(=O)c1cccc(Cl)c1. The van der Waals surface area contributed by atoms with Crippen LogP contribution in [0.5, 0.6) is 0 Å². The Labute approximate surface area is 172 Å². The van der Waals surface area contributed by atoms with E-state index in [0.29, 0.717) is 17.1 Å². The summed E-state index contributed by atoms with van der Waals surface area (Å²) in [5.41, 5.74) is 0.510. The van der Waals surface area contributed by atoms with Gasteiger partial charge in [0, 0.05) is 23.6 Å². The number of benzene rings is 1. The molecule has 0 aliphatic rings. The number of carboxylic acid groups (broad SMARTS) is 1.